The average molecular weight is 226 g/mol. The Bertz CT molecular complexity index is 536. The molecule has 0 radical (unpaired) electrons. The summed E-state index contributed by atoms with van der Waals surface area (Å²) >= 11 is 0. The van der Waals surface area contributed by atoms with Gasteiger partial charge in [-0.15, -0.1) is 0 Å². The summed E-state index contributed by atoms with van der Waals surface area (Å²) in [6.45, 7) is 3.43. The molecule has 4 nitrogen and oxygen atoms in total. The van der Waals surface area contributed by atoms with Crippen LogP contribution in [0, 0.1) is 18.3 Å². The number of hydrogen-bond donors (Lipinski definition) is 2. The third-order valence-electron chi connectivity index (χ3n) is 2.70. The number of aromatic amines is 1. The Morgan fingerprint density at radius 1 is 1.29 bits per heavy atom. The molecule has 4 heteroatoms. The maximum atomic E-state index is 8.95. The van der Waals surface area contributed by atoms with E-state index < -0.39 is 0 Å². The van der Waals surface area contributed by atoms with E-state index in [-0.39, 0.29) is 0 Å². The van der Waals surface area contributed by atoms with Crippen LogP contribution < -0.4 is 5.32 Å². The van der Waals surface area contributed by atoms with Crippen LogP contribution in [0.5, 0.6) is 0 Å². The minimum atomic E-state index is 0.689. The summed E-state index contributed by atoms with van der Waals surface area (Å²) in [4.78, 5) is 0. The van der Waals surface area contributed by atoms with Gasteiger partial charge < -0.3 is 5.32 Å². The first-order valence-electron chi connectivity index (χ1n) is 5.49. The van der Waals surface area contributed by atoms with Crippen molar-refractivity contribution in [3.63, 3.8) is 0 Å². The minimum absolute atomic E-state index is 0.689. The van der Waals surface area contributed by atoms with Crippen LogP contribution in [0.15, 0.2) is 30.5 Å². The van der Waals surface area contributed by atoms with Crippen LogP contribution in [0.25, 0.3) is 0 Å². The van der Waals surface area contributed by atoms with Crippen molar-refractivity contribution in [3.8, 4) is 6.07 Å². The van der Waals surface area contributed by atoms with Crippen LogP contribution in [-0.4, -0.2) is 10.2 Å². The van der Waals surface area contributed by atoms with Gasteiger partial charge in [0.1, 0.15) is 0 Å². The van der Waals surface area contributed by atoms with Crippen LogP contribution in [0.2, 0.25) is 0 Å². The fraction of sp³-hybridized carbons (Fsp3) is 0.231. The van der Waals surface area contributed by atoms with Gasteiger partial charge in [0, 0.05) is 24.3 Å². The van der Waals surface area contributed by atoms with Gasteiger partial charge in [-0.25, -0.2) is 0 Å². The quantitative estimate of drug-likeness (QED) is 0.836. The van der Waals surface area contributed by atoms with E-state index in [4.69, 9.17) is 5.26 Å². The second kappa shape index (κ2) is 5.28. The number of nitrogens with one attached hydrogen (secondary N) is 2. The number of hydrogen-bond acceptors (Lipinski definition) is 3. The minimum Gasteiger partial charge on any atom is -0.308 e. The van der Waals surface area contributed by atoms with Gasteiger partial charge in [-0.2, -0.15) is 10.4 Å². The summed E-state index contributed by atoms with van der Waals surface area (Å²) in [5.74, 6) is 0. The lowest BCUT2D eigenvalue weighted by atomic mass is 10.1. The first-order valence-corrected chi connectivity index (χ1v) is 5.49. The van der Waals surface area contributed by atoms with E-state index in [2.05, 4.69) is 21.6 Å². The van der Waals surface area contributed by atoms with Crippen molar-refractivity contribution < 1.29 is 0 Å². The number of benzene rings is 1. The molecule has 0 aliphatic rings. The molecule has 0 atom stereocenters. The Morgan fingerprint density at radius 2 is 2.06 bits per heavy atom. The molecule has 0 saturated carbocycles. The Balaban J connectivity index is 1.95. The normalized spacial score (nSPS) is 10.1. The second-order valence-corrected chi connectivity index (χ2v) is 3.89. The van der Waals surface area contributed by atoms with Gasteiger partial charge in [-0.05, 0) is 18.6 Å². The van der Waals surface area contributed by atoms with Crippen LogP contribution >= 0.6 is 0 Å². The Kier molecular flexibility index (Phi) is 3.53. The molecular formula is C13H14N4. The Hall–Kier alpha value is -2.12. The highest BCUT2D eigenvalue weighted by molar-refractivity contribution is 5.37. The van der Waals surface area contributed by atoms with Crippen LogP contribution in [0.1, 0.15) is 22.4 Å². The van der Waals surface area contributed by atoms with Gasteiger partial charge in [0.05, 0.1) is 17.8 Å². The summed E-state index contributed by atoms with van der Waals surface area (Å²) in [6, 6.07) is 9.81. The molecule has 0 unspecified atom stereocenters. The fourth-order valence-corrected chi connectivity index (χ4v) is 1.67. The number of nitriles is 1. The number of aryl methyl sites for hydroxylation is 1. The van der Waals surface area contributed by atoms with Crippen molar-refractivity contribution in [2.24, 2.45) is 0 Å². The van der Waals surface area contributed by atoms with Crippen molar-refractivity contribution in [1.29, 1.82) is 5.26 Å². The second-order valence-electron chi connectivity index (χ2n) is 3.89. The molecule has 0 bridgehead atoms. The van der Waals surface area contributed by atoms with Gasteiger partial charge in [0.25, 0.3) is 0 Å². The van der Waals surface area contributed by atoms with Crippen LogP contribution in [0.4, 0.5) is 0 Å². The summed E-state index contributed by atoms with van der Waals surface area (Å²) < 4.78 is 0. The fourth-order valence-electron chi connectivity index (χ4n) is 1.67. The van der Waals surface area contributed by atoms with E-state index >= 15 is 0 Å². The third-order valence-corrected chi connectivity index (χ3v) is 2.70. The van der Waals surface area contributed by atoms with Gasteiger partial charge in [-0.3, -0.25) is 5.10 Å². The lowest BCUT2D eigenvalue weighted by Crippen LogP contribution is -2.13. The van der Waals surface area contributed by atoms with Gasteiger partial charge in [0.15, 0.2) is 0 Å². The van der Waals surface area contributed by atoms with Crippen molar-refractivity contribution in [3.05, 3.63) is 52.8 Å². The molecule has 86 valence electrons. The molecule has 0 spiro atoms. The van der Waals surface area contributed by atoms with Gasteiger partial charge in [0.2, 0.25) is 0 Å². The monoisotopic (exact) mass is 226 g/mol. The molecule has 0 amide bonds. The third kappa shape index (κ3) is 2.71. The predicted molar refractivity (Wildman–Crippen MR) is 65.0 cm³/mol. The van der Waals surface area contributed by atoms with Gasteiger partial charge >= 0.3 is 0 Å². The maximum Gasteiger partial charge on any atom is 0.0995 e. The van der Waals surface area contributed by atoms with Crippen LogP contribution in [-0.2, 0) is 13.1 Å². The summed E-state index contributed by atoms with van der Waals surface area (Å²) in [5, 5.41) is 19.1. The Labute approximate surface area is 100 Å². The summed E-state index contributed by atoms with van der Waals surface area (Å²) in [5.41, 5.74) is 3.98. The lowest BCUT2D eigenvalue weighted by molar-refractivity contribution is 0.690. The maximum absolute atomic E-state index is 8.95. The SMILES string of the molecule is Cc1[nH]ncc1CNCc1ccccc1C#N. The summed E-state index contributed by atoms with van der Waals surface area (Å²) in [7, 11) is 0. The largest absolute Gasteiger partial charge is 0.308 e. The molecule has 0 aliphatic heterocycles. The highest BCUT2D eigenvalue weighted by Crippen LogP contribution is 2.07. The van der Waals surface area contributed by atoms with Crippen molar-refractivity contribution >= 4 is 0 Å². The number of H-pyrrole nitrogens is 1. The summed E-state index contributed by atoms with van der Waals surface area (Å²) in [6.07, 6.45) is 1.82. The van der Waals surface area contributed by atoms with E-state index in [0.717, 1.165) is 28.9 Å². The topological polar surface area (TPSA) is 64.5 Å². The average Bonchev–Trinajstić information content (AvgIpc) is 2.76. The zero-order valence-electron chi connectivity index (χ0n) is 9.70. The standard InChI is InChI=1S/C13H14N4/c1-10-13(9-16-17-10)8-15-7-12-5-3-2-4-11(12)6-14/h2-5,9,15H,7-8H2,1H3,(H,16,17). The zero-order chi connectivity index (χ0) is 12.1. The zero-order valence-corrected chi connectivity index (χ0v) is 9.70. The smallest absolute Gasteiger partial charge is 0.0995 e. The number of rotatable bonds is 4. The lowest BCUT2D eigenvalue weighted by Gasteiger charge is -2.05. The van der Waals surface area contributed by atoms with Crippen molar-refractivity contribution in [1.82, 2.24) is 15.5 Å². The first kappa shape index (κ1) is 11.4. The molecule has 0 aliphatic carbocycles. The molecular weight excluding hydrogens is 212 g/mol. The molecule has 1 heterocycles. The molecule has 2 N–H and O–H groups in total. The van der Waals surface area contributed by atoms with Gasteiger partial charge in [-0.1, -0.05) is 18.2 Å². The number of nitrogens with zero attached hydrogens (tertiary/aromatic N) is 2. The van der Waals surface area contributed by atoms with Crippen molar-refractivity contribution in [2.75, 3.05) is 0 Å². The van der Waals surface area contributed by atoms with E-state index in [1.807, 2.05) is 37.4 Å². The van der Waals surface area contributed by atoms with E-state index in [1.165, 1.54) is 0 Å². The molecule has 2 rings (SSSR count). The molecule has 0 fully saturated rings. The molecule has 2 aromatic rings. The van der Waals surface area contributed by atoms with Crippen molar-refractivity contribution in [2.45, 2.75) is 20.0 Å². The molecule has 1 aromatic carbocycles. The highest BCUT2D eigenvalue weighted by Gasteiger charge is 2.02. The molecule has 17 heavy (non-hydrogen) atoms. The Morgan fingerprint density at radius 3 is 2.76 bits per heavy atom. The van der Waals surface area contributed by atoms with Crippen LogP contribution in [0.3, 0.4) is 0 Å². The molecule has 0 saturated heterocycles. The highest BCUT2D eigenvalue weighted by atomic mass is 15.1. The van der Waals surface area contributed by atoms with E-state index in [0.29, 0.717) is 6.54 Å². The van der Waals surface area contributed by atoms with E-state index in [1.54, 1.807) is 0 Å². The molecule has 1 aromatic heterocycles. The van der Waals surface area contributed by atoms with E-state index in [9.17, 15) is 0 Å². The first-order chi connectivity index (χ1) is 8.31. The number of aromatic nitrogens is 2. The predicted octanol–water partition coefficient (Wildman–Crippen LogP) is 1.88.